The smallest absolute Gasteiger partial charge is 0.158 e. The molecule has 0 spiro atoms. The Hall–Kier alpha value is -0.160. The van der Waals surface area contributed by atoms with Crippen LogP contribution in [-0.2, 0) is 9.47 Å². The molecular weight excluding hydrogens is 216 g/mol. The van der Waals surface area contributed by atoms with Crippen LogP contribution in [0.4, 0.5) is 0 Å². The van der Waals surface area contributed by atoms with Gasteiger partial charge in [0.15, 0.2) is 6.29 Å². The Labute approximate surface area is 105 Å². The summed E-state index contributed by atoms with van der Waals surface area (Å²) < 4.78 is 10.5. The molecule has 0 amide bonds. The molecule has 1 aliphatic carbocycles. The van der Waals surface area contributed by atoms with E-state index in [0.717, 1.165) is 18.9 Å². The predicted octanol–water partition coefficient (Wildman–Crippen LogP) is 1.49. The van der Waals surface area contributed by atoms with E-state index in [9.17, 15) is 0 Å². The number of methoxy groups -OCH3 is 2. The molecule has 1 atom stereocenters. The Morgan fingerprint density at radius 2 is 2.00 bits per heavy atom. The molecule has 3 N–H and O–H groups in total. The molecule has 4 nitrogen and oxygen atoms in total. The zero-order valence-electron chi connectivity index (χ0n) is 11.5. The van der Waals surface area contributed by atoms with Gasteiger partial charge in [0.1, 0.15) is 0 Å². The first-order valence-corrected chi connectivity index (χ1v) is 6.64. The molecule has 1 fully saturated rings. The summed E-state index contributed by atoms with van der Waals surface area (Å²) in [5, 5.41) is 3.54. The van der Waals surface area contributed by atoms with Crippen LogP contribution in [0.1, 0.15) is 39.0 Å². The van der Waals surface area contributed by atoms with Crippen molar-refractivity contribution in [3.8, 4) is 0 Å². The van der Waals surface area contributed by atoms with Gasteiger partial charge in [-0.25, -0.2) is 0 Å². The third-order valence-electron chi connectivity index (χ3n) is 3.63. The van der Waals surface area contributed by atoms with Crippen molar-refractivity contribution in [2.75, 3.05) is 27.3 Å². The summed E-state index contributed by atoms with van der Waals surface area (Å²) in [7, 11) is 3.33. The van der Waals surface area contributed by atoms with Crippen molar-refractivity contribution in [1.29, 1.82) is 0 Å². The number of hydrogen-bond acceptors (Lipinski definition) is 4. The average molecular weight is 244 g/mol. The average Bonchev–Trinajstić information content (AvgIpc) is 3.16. The highest BCUT2D eigenvalue weighted by atomic mass is 16.7. The van der Waals surface area contributed by atoms with Crippen LogP contribution in [0.2, 0.25) is 0 Å². The van der Waals surface area contributed by atoms with Gasteiger partial charge in [0, 0.05) is 32.7 Å². The highest BCUT2D eigenvalue weighted by Crippen LogP contribution is 2.33. The van der Waals surface area contributed by atoms with Crippen LogP contribution in [0.25, 0.3) is 0 Å². The molecule has 4 heteroatoms. The van der Waals surface area contributed by atoms with Gasteiger partial charge in [-0.15, -0.1) is 0 Å². The third kappa shape index (κ3) is 5.82. The van der Waals surface area contributed by atoms with Gasteiger partial charge in [-0.05, 0) is 32.2 Å². The molecule has 1 aliphatic rings. The molecule has 0 saturated heterocycles. The molecule has 17 heavy (non-hydrogen) atoms. The molecular formula is C13H28N2O2. The van der Waals surface area contributed by atoms with Gasteiger partial charge in [0.2, 0.25) is 0 Å². The van der Waals surface area contributed by atoms with Crippen LogP contribution in [0.15, 0.2) is 0 Å². The Morgan fingerprint density at radius 3 is 2.47 bits per heavy atom. The Kier molecular flexibility index (Phi) is 6.41. The third-order valence-corrected chi connectivity index (χ3v) is 3.63. The van der Waals surface area contributed by atoms with E-state index in [0.29, 0.717) is 6.54 Å². The first-order chi connectivity index (χ1) is 8.13. The van der Waals surface area contributed by atoms with E-state index in [2.05, 4.69) is 12.2 Å². The van der Waals surface area contributed by atoms with Crippen molar-refractivity contribution < 1.29 is 9.47 Å². The molecule has 0 aromatic carbocycles. The number of rotatable bonds is 10. The van der Waals surface area contributed by atoms with Crippen molar-refractivity contribution >= 4 is 0 Å². The fraction of sp³-hybridized carbons (Fsp3) is 1.00. The van der Waals surface area contributed by atoms with Gasteiger partial charge in [0.05, 0.1) is 0 Å². The van der Waals surface area contributed by atoms with Crippen LogP contribution in [0.5, 0.6) is 0 Å². The number of nitrogens with one attached hydrogen (secondary N) is 1. The molecule has 0 heterocycles. The second-order valence-corrected chi connectivity index (χ2v) is 5.38. The van der Waals surface area contributed by atoms with Crippen molar-refractivity contribution in [2.24, 2.45) is 11.7 Å². The van der Waals surface area contributed by atoms with Crippen LogP contribution in [-0.4, -0.2) is 39.1 Å². The zero-order chi connectivity index (χ0) is 12.7. The van der Waals surface area contributed by atoms with E-state index in [1.807, 2.05) is 0 Å². The Morgan fingerprint density at radius 1 is 1.35 bits per heavy atom. The quantitative estimate of drug-likeness (QED) is 0.451. The lowest BCUT2D eigenvalue weighted by atomic mass is 9.97. The van der Waals surface area contributed by atoms with E-state index in [1.165, 1.54) is 25.7 Å². The maximum absolute atomic E-state index is 5.85. The lowest BCUT2D eigenvalue weighted by molar-refractivity contribution is -0.117. The summed E-state index contributed by atoms with van der Waals surface area (Å²) in [5.41, 5.74) is 5.75. The van der Waals surface area contributed by atoms with Crippen molar-refractivity contribution in [3.05, 3.63) is 0 Å². The molecule has 1 rings (SSSR count). The lowest BCUT2D eigenvalue weighted by Crippen LogP contribution is -2.51. The van der Waals surface area contributed by atoms with Crippen molar-refractivity contribution in [3.63, 3.8) is 0 Å². The molecule has 0 aromatic heterocycles. The van der Waals surface area contributed by atoms with Gasteiger partial charge in [-0.1, -0.05) is 12.8 Å². The van der Waals surface area contributed by atoms with Crippen LogP contribution >= 0.6 is 0 Å². The summed E-state index contributed by atoms with van der Waals surface area (Å²) in [6, 6.07) is 0. The van der Waals surface area contributed by atoms with Gasteiger partial charge < -0.3 is 20.5 Å². The number of hydrogen-bond donors (Lipinski definition) is 2. The summed E-state index contributed by atoms with van der Waals surface area (Å²) in [6.07, 6.45) is 6.06. The topological polar surface area (TPSA) is 56.5 Å². The molecule has 1 saturated carbocycles. The fourth-order valence-corrected chi connectivity index (χ4v) is 2.05. The fourth-order valence-electron chi connectivity index (χ4n) is 2.05. The SMILES string of the molecule is COC(CC(C)(CN)NCCCC1CC1)OC. The van der Waals surface area contributed by atoms with Gasteiger partial charge in [0.25, 0.3) is 0 Å². The maximum atomic E-state index is 5.85. The van der Waals surface area contributed by atoms with Crippen molar-refractivity contribution in [1.82, 2.24) is 5.32 Å². The Bertz CT molecular complexity index is 206. The highest BCUT2D eigenvalue weighted by Gasteiger charge is 2.27. The predicted molar refractivity (Wildman–Crippen MR) is 69.8 cm³/mol. The molecule has 0 bridgehead atoms. The molecule has 0 radical (unpaired) electrons. The monoisotopic (exact) mass is 244 g/mol. The summed E-state index contributed by atoms with van der Waals surface area (Å²) in [6.45, 7) is 3.76. The standard InChI is InChI=1S/C13H28N2O2/c1-13(10-14,9-12(16-2)17-3)15-8-4-5-11-6-7-11/h11-12,15H,4-10,14H2,1-3H3. The summed E-state index contributed by atoms with van der Waals surface area (Å²) in [5.74, 6) is 1.01. The lowest BCUT2D eigenvalue weighted by Gasteiger charge is -2.32. The van der Waals surface area contributed by atoms with E-state index in [1.54, 1.807) is 14.2 Å². The number of nitrogens with two attached hydrogens (primary N) is 1. The molecule has 0 aromatic rings. The van der Waals surface area contributed by atoms with E-state index in [-0.39, 0.29) is 11.8 Å². The largest absolute Gasteiger partial charge is 0.356 e. The Balaban J connectivity index is 2.21. The van der Waals surface area contributed by atoms with Gasteiger partial charge >= 0.3 is 0 Å². The first-order valence-electron chi connectivity index (χ1n) is 6.64. The summed E-state index contributed by atoms with van der Waals surface area (Å²) in [4.78, 5) is 0. The second-order valence-electron chi connectivity index (χ2n) is 5.38. The summed E-state index contributed by atoms with van der Waals surface area (Å²) >= 11 is 0. The van der Waals surface area contributed by atoms with Crippen LogP contribution in [0, 0.1) is 5.92 Å². The van der Waals surface area contributed by atoms with Crippen LogP contribution in [0.3, 0.4) is 0 Å². The first kappa shape index (κ1) is 14.9. The normalized spacial score (nSPS) is 19.6. The van der Waals surface area contributed by atoms with E-state index >= 15 is 0 Å². The minimum absolute atomic E-state index is 0.0970. The minimum Gasteiger partial charge on any atom is -0.356 e. The van der Waals surface area contributed by atoms with Gasteiger partial charge in [-0.2, -0.15) is 0 Å². The van der Waals surface area contributed by atoms with Crippen molar-refractivity contribution in [2.45, 2.75) is 50.9 Å². The molecule has 0 aliphatic heterocycles. The minimum atomic E-state index is -0.181. The zero-order valence-corrected chi connectivity index (χ0v) is 11.5. The maximum Gasteiger partial charge on any atom is 0.158 e. The molecule has 102 valence electrons. The molecule has 1 unspecified atom stereocenters. The number of ether oxygens (including phenoxy) is 2. The van der Waals surface area contributed by atoms with E-state index < -0.39 is 0 Å². The van der Waals surface area contributed by atoms with E-state index in [4.69, 9.17) is 15.2 Å². The van der Waals surface area contributed by atoms with Crippen LogP contribution < -0.4 is 11.1 Å². The highest BCUT2D eigenvalue weighted by molar-refractivity contribution is 4.85. The van der Waals surface area contributed by atoms with Gasteiger partial charge in [-0.3, -0.25) is 0 Å². The second kappa shape index (κ2) is 7.31.